The zero-order valence-corrected chi connectivity index (χ0v) is 9.49. The second-order valence-electron chi connectivity index (χ2n) is 4.35. The van der Waals surface area contributed by atoms with Crippen molar-refractivity contribution < 1.29 is 0 Å². The SMILES string of the molecule is CN(Cc1ccn(C)n1)C(C)(C)CN. The molecule has 0 unspecified atom stereocenters. The summed E-state index contributed by atoms with van der Waals surface area (Å²) in [6.07, 6.45) is 1.96. The number of likely N-dealkylation sites (N-methyl/N-ethyl adjacent to an activating group) is 1. The van der Waals surface area contributed by atoms with E-state index in [1.54, 1.807) is 0 Å². The molecule has 1 aromatic rings. The number of nitrogens with zero attached hydrogens (tertiary/aromatic N) is 3. The first-order valence-electron chi connectivity index (χ1n) is 4.85. The molecule has 0 aliphatic rings. The molecule has 0 saturated carbocycles. The molecule has 4 heteroatoms. The lowest BCUT2D eigenvalue weighted by Gasteiger charge is -2.33. The lowest BCUT2D eigenvalue weighted by molar-refractivity contribution is 0.153. The minimum absolute atomic E-state index is 0.0253. The van der Waals surface area contributed by atoms with Crippen LogP contribution in [-0.2, 0) is 13.6 Å². The van der Waals surface area contributed by atoms with Gasteiger partial charge in [-0.3, -0.25) is 9.58 Å². The molecule has 0 aliphatic heterocycles. The Bertz CT molecular complexity index is 290. The van der Waals surface area contributed by atoms with Crippen LogP contribution in [0.3, 0.4) is 0 Å². The Morgan fingerprint density at radius 3 is 2.64 bits per heavy atom. The van der Waals surface area contributed by atoms with Gasteiger partial charge in [-0.15, -0.1) is 0 Å². The number of nitrogens with two attached hydrogens (primary N) is 1. The van der Waals surface area contributed by atoms with Crippen molar-refractivity contribution in [2.75, 3.05) is 13.6 Å². The fourth-order valence-corrected chi connectivity index (χ4v) is 1.16. The van der Waals surface area contributed by atoms with Crippen molar-refractivity contribution in [3.63, 3.8) is 0 Å². The maximum Gasteiger partial charge on any atom is 0.0764 e. The second-order valence-corrected chi connectivity index (χ2v) is 4.35. The zero-order chi connectivity index (χ0) is 10.8. The summed E-state index contributed by atoms with van der Waals surface area (Å²) in [7, 11) is 4.00. The number of aromatic nitrogens is 2. The minimum Gasteiger partial charge on any atom is -0.329 e. The molecule has 0 aromatic carbocycles. The van der Waals surface area contributed by atoms with Gasteiger partial charge < -0.3 is 5.73 Å². The van der Waals surface area contributed by atoms with Crippen LogP contribution in [0.4, 0.5) is 0 Å². The maximum atomic E-state index is 5.70. The summed E-state index contributed by atoms with van der Waals surface area (Å²) in [5, 5.41) is 4.33. The normalized spacial score (nSPS) is 12.4. The smallest absolute Gasteiger partial charge is 0.0764 e. The summed E-state index contributed by atoms with van der Waals surface area (Å²) in [5.41, 5.74) is 6.80. The molecule has 4 nitrogen and oxygen atoms in total. The Labute approximate surface area is 85.7 Å². The van der Waals surface area contributed by atoms with Crippen molar-refractivity contribution >= 4 is 0 Å². The van der Waals surface area contributed by atoms with Gasteiger partial charge in [0.15, 0.2) is 0 Å². The highest BCUT2D eigenvalue weighted by Crippen LogP contribution is 2.12. The molecule has 1 heterocycles. The fourth-order valence-electron chi connectivity index (χ4n) is 1.16. The fraction of sp³-hybridized carbons (Fsp3) is 0.700. The second kappa shape index (κ2) is 4.11. The van der Waals surface area contributed by atoms with Gasteiger partial charge in [0.2, 0.25) is 0 Å². The average molecular weight is 196 g/mol. The van der Waals surface area contributed by atoms with Crippen LogP contribution >= 0.6 is 0 Å². The molecule has 1 aromatic heterocycles. The summed E-state index contributed by atoms with van der Waals surface area (Å²) in [5.74, 6) is 0. The topological polar surface area (TPSA) is 47.1 Å². The highest BCUT2D eigenvalue weighted by Gasteiger charge is 2.21. The largest absolute Gasteiger partial charge is 0.329 e. The number of aryl methyl sites for hydroxylation is 1. The van der Waals surface area contributed by atoms with Crippen molar-refractivity contribution in [3.05, 3.63) is 18.0 Å². The molecule has 0 aliphatic carbocycles. The highest BCUT2D eigenvalue weighted by atomic mass is 15.3. The molecular weight excluding hydrogens is 176 g/mol. The van der Waals surface area contributed by atoms with E-state index >= 15 is 0 Å². The first kappa shape index (κ1) is 11.2. The highest BCUT2D eigenvalue weighted by molar-refractivity contribution is 4.99. The summed E-state index contributed by atoms with van der Waals surface area (Å²) in [6.45, 7) is 5.76. The number of hydrogen-bond donors (Lipinski definition) is 1. The summed E-state index contributed by atoms with van der Waals surface area (Å²) in [4.78, 5) is 2.22. The van der Waals surface area contributed by atoms with Gasteiger partial charge in [0.1, 0.15) is 0 Å². The van der Waals surface area contributed by atoms with E-state index in [4.69, 9.17) is 5.73 Å². The van der Waals surface area contributed by atoms with E-state index in [1.807, 2.05) is 24.0 Å². The quantitative estimate of drug-likeness (QED) is 0.766. The Morgan fingerprint density at radius 1 is 1.57 bits per heavy atom. The monoisotopic (exact) mass is 196 g/mol. The van der Waals surface area contributed by atoms with E-state index in [-0.39, 0.29) is 5.54 Å². The molecule has 80 valence electrons. The predicted octanol–water partition coefficient (Wildman–Crippen LogP) is 0.589. The lowest BCUT2D eigenvalue weighted by Crippen LogP contribution is -2.46. The van der Waals surface area contributed by atoms with Crippen LogP contribution in [0, 0.1) is 0 Å². The number of rotatable bonds is 4. The van der Waals surface area contributed by atoms with Crippen LogP contribution in [0.1, 0.15) is 19.5 Å². The molecule has 0 atom stereocenters. The van der Waals surface area contributed by atoms with Crippen molar-refractivity contribution in [3.8, 4) is 0 Å². The Morgan fingerprint density at radius 2 is 2.21 bits per heavy atom. The van der Waals surface area contributed by atoms with E-state index in [1.165, 1.54) is 0 Å². The van der Waals surface area contributed by atoms with Crippen LogP contribution in [0.25, 0.3) is 0 Å². The van der Waals surface area contributed by atoms with Crippen LogP contribution in [0.5, 0.6) is 0 Å². The van der Waals surface area contributed by atoms with E-state index < -0.39 is 0 Å². The molecule has 0 amide bonds. The van der Waals surface area contributed by atoms with Crippen LogP contribution < -0.4 is 5.73 Å². The molecule has 14 heavy (non-hydrogen) atoms. The van der Waals surface area contributed by atoms with Gasteiger partial charge >= 0.3 is 0 Å². The summed E-state index contributed by atoms with van der Waals surface area (Å²) >= 11 is 0. The van der Waals surface area contributed by atoms with E-state index in [0.717, 1.165) is 12.2 Å². The van der Waals surface area contributed by atoms with Gasteiger partial charge in [0.05, 0.1) is 5.69 Å². The van der Waals surface area contributed by atoms with Gasteiger partial charge in [-0.05, 0) is 27.0 Å². The standard InChI is InChI=1S/C10H20N4/c1-10(2,8-11)13(3)7-9-5-6-14(4)12-9/h5-6H,7-8,11H2,1-4H3. The summed E-state index contributed by atoms with van der Waals surface area (Å²) < 4.78 is 1.82. The van der Waals surface area contributed by atoms with Crippen molar-refractivity contribution in [2.24, 2.45) is 12.8 Å². The van der Waals surface area contributed by atoms with Crippen LogP contribution in [0.15, 0.2) is 12.3 Å². The van der Waals surface area contributed by atoms with Crippen molar-refractivity contribution in [1.82, 2.24) is 14.7 Å². The molecule has 0 fully saturated rings. The van der Waals surface area contributed by atoms with E-state index in [2.05, 4.69) is 30.9 Å². The molecule has 0 saturated heterocycles. The third-order valence-corrected chi connectivity index (χ3v) is 2.70. The Kier molecular flexibility index (Phi) is 3.29. The third kappa shape index (κ3) is 2.56. The van der Waals surface area contributed by atoms with Gasteiger partial charge in [0, 0.05) is 31.9 Å². The van der Waals surface area contributed by atoms with E-state index in [0.29, 0.717) is 6.54 Å². The van der Waals surface area contributed by atoms with Crippen LogP contribution in [-0.4, -0.2) is 33.8 Å². The first-order chi connectivity index (χ1) is 6.45. The van der Waals surface area contributed by atoms with Crippen molar-refractivity contribution in [2.45, 2.75) is 25.9 Å². The van der Waals surface area contributed by atoms with Crippen molar-refractivity contribution in [1.29, 1.82) is 0 Å². The minimum atomic E-state index is 0.0253. The average Bonchev–Trinajstić information content (AvgIpc) is 2.51. The summed E-state index contributed by atoms with van der Waals surface area (Å²) in [6, 6.07) is 2.03. The van der Waals surface area contributed by atoms with E-state index in [9.17, 15) is 0 Å². The molecule has 2 N–H and O–H groups in total. The zero-order valence-electron chi connectivity index (χ0n) is 9.49. The third-order valence-electron chi connectivity index (χ3n) is 2.70. The Hall–Kier alpha value is -0.870. The van der Waals surface area contributed by atoms with Gasteiger partial charge in [-0.25, -0.2) is 0 Å². The predicted molar refractivity (Wildman–Crippen MR) is 57.8 cm³/mol. The van der Waals surface area contributed by atoms with Crippen LogP contribution in [0.2, 0.25) is 0 Å². The molecule has 0 radical (unpaired) electrons. The van der Waals surface area contributed by atoms with Gasteiger partial charge in [-0.1, -0.05) is 0 Å². The molecule has 0 bridgehead atoms. The van der Waals surface area contributed by atoms with Gasteiger partial charge in [0.25, 0.3) is 0 Å². The number of hydrogen-bond acceptors (Lipinski definition) is 3. The maximum absolute atomic E-state index is 5.70. The first-order valence-corrected chi connectivity index (χ1v) is 4.85. The Balaban J connectivity index is 2.61. The van der Waals surface area contributed by atoms with Gasteiger partial charge in [-0.2, -0.15) is 5.10 Å². The molecule has 0 spiro atoms. The molecular formula is C10H20N4. The lowest BCUT2D eigenvalue weighted by atomic mass is 10.0. The molecule has 1 rings (SSSR count).